The van der Waals surface area contributed by atoms with Crippen molar-refractivity contribution in [2.75, 3.05) is 0 Å². The number of nitrogens with zero attached hydrogens (tertiary/aromatic N) is 4. The van der Waals surface area contributed by atoms with E-state index < -0.39 is 51.6 Å². The Morgan fingerprint density at radius 2 is 1.72 bits per heavy atom. The monoisotopic (exact) mass is 473 g/mol. The summed E-state index contributed by atoms with van der Waals surface area (Å²) in [6, 6.07) is 2.40. The summed E-state index contributed by atoms with van der Waals surface area (Å²) in [5.41, 5.74) is -4.11. The Balaban J connectivity index is 1.79. The van der Waals surface area contributed by atoms with Crippen LogP contribution in [0.15, 0.2) is 51.4 Å². The van der Waals surface area contributed by atoms with Crippen molar-refractivity contribution in [1.82, 2.24) is 24.4 Å². The highest BCUT2D eigenvalue weighted by atomic mass is 32.2. The molecule has 4 rings (SSSR count). The number of fused-ring (bicyclic) bond motifs is 1. The number of aromatic amines is 1. The van der Waals surface area contributed by atoms with Crippen LogP contribution in [0.4, 0.5) is 26.3 Å². The van der Waals surface area contributed by atoms with Crippen LogP contribution in [-0.4, -0.2) is 24.4 Å². The highest BCUT2D eigenvalue weighted by Crippen LogP contribution is 2.33. The molecular formula is C18H9F6N5O2S. The molecule has 0 atom stereocenters. The molecule has 3 aromatic heterocycles. The van der Waals surface area contributed by atoms with Gasteiger partial charge in [-0.25, -0.2) is 13.2 Å². The lowest BCUT2D eigenvalue weighted by Crippen LogP contribution is -2.25. The van der Waals surface area contributed by atoms with Gasteiger partial charge in [-0.15, -0.1) is 9.73 Å². The lowest BCUT2D eigenvalue weighted by atomic mass is 10.1. The van der Waals surface area contributed by atoms with Gasteiger partial charge in [0.2, 0.25) is 0 Å². The Hall–Kier alpha value is -3.55. The first kappa shape index (κ1) is 21.7. The van der Waals surface area contributed by atoms with E-state index in [2.05, 4.69) is 15.2 Å². The SMILES string of the molecule is O=c1[nH]cc(-n2c(SCc3c(F)cc(C(F)(F)F)cc3F)nn3nccc3c2=O)cc1F. The smallest absolute Gasteiger partial charge is 0.324 e. The highest BCUT2D eigenvalue weighted by Gasteiger charge is 2.32. The lowest BCUT2D eigenvalue weighted by molar-refractivity contribution is -0.138. The Morgan fingerprint density at radius 3 is 2.34 bits per heavy atom. The van der Waals surface area contributed by atoms with Crippen LogP contribution in [0.25, 0.3) is 11.2 Å². The molecule has 3 heterocycles. The van der Waals surface area contributed by atoms with E-state index in [1.165, 1.54) is 12.3 Å². The molecule has 0 aliphatic carbocycles. The van der Waals surface area contributed by atoms with Crippen LogP contribution in [-0.2, 0) is 11.9 Å². The molecule has 4 aromatic rings. The topological polar surface area (TPSA) is 85.1 Å². The molecule has 0 saturated carbocycles. The number of hydrogen-bond donors (Lipinski definition) is 1. The predicted molar refractivity (Wildman–Crippen MR) is 100 cm³/mol. The van der Waals surface area contributed by atoms with Crippen LogP contribution in [0, 0.1) is 17.5 Å². The van der Waals surface area contributed by atoms with Crippen LogP contribution in [0.1, 0.15) is 11.1 Å². The number of thioether (sulfide) groups is 1. The fourth-order valence-electron chi connectivity index (χ4n) is 2.80. The number of benzene rings is 1. The number of hydrogen-bond acceptors (Lipinski definition) is 5. The van der Waals surface area contributed by atoms with Crippen LogP contribution in [0.3, 0.4) is 0 Å². The minimum Gasteiger partial charge on any atom is -0.324 e. The van der Waals surface area contributed by atoms with Gasteiger partial charge in [-0.3, -0.25) is 14.2 Å². The fraction of sp³-hybridized carbons (Fsp3) is 0.111. The number of rotatable bonds is 4. The minimum atomic E-state index is -4.94. The van der Waals surface area contributed by atoms with E-state index in [1.54, 1.807) is 0 Å². The van der Waals surface area contributed by atoms with Crippen LogP contribution in [0.2, 0.25) is 0 Å². The van der Waals surface area contributed by atoms with Gasteiger partial charge in [-0.05, 0) is 18.2 Å². The summed E-state index contributed by atoms with van der Waals surface area (Å²) in [5, 5.41) is 7.65. The van der Waals surface area contributed by atoms with Gasteiger partial charge < -0.3 is 4.98 Å². The van der Waals surface area contributed by atoms with Crippen molar-refractivity contribution < 1.29 is 26.3 Å². The Labute approximate surface area is 177 Å². The fourth-order valence-corrected chi connectivity index (χ4v) is 3.80. The number of nitrogens with one attached hydrogen (secondary N) is 1. The normalized spacial score (nSPS) is 11.9. The number of aromatic nitrogens is 5. The third-order valence-electron chi connectivity index (χ3n) is 4.33. The molecule has 7 nitrogen and oxygen atoms in total. The van der Waals surface area contributed by atoms with Gasteiger partial charge >= 0.3 is 6.18 Å². The maximum absolute atomic E-state index is 14.2. The largest absolute Gasteiger partial charge is 0.416 e. The quantitative estimate of drug-likeness (QED) is 0.363. The molecule has 1 N–H and O–H groups in total. The maximum atomic E-state index is 14.2. The molecule has 0 radical (unpaired) electrons. The molecule has 0 bridgehead atoms. The van der Waals surface area contributed by atoms with Gasteiger partial charge in [0.15, 0.2) is 16.5 Å². The lowest BCUT2D eigenvalue weighted by Gasteiger charge is -2.13. The van der Waals surface area contributed by atoms with Crippen molar-refractivity contribution in [3.8, 4) is 5.69 Å². The third kappa shape index (κ3) is 3.88. The van der Waals surface area contributed by atoms with E-state index in [0.29, 0.717) is 11.8 Å². The Morgan fingerprint density at radius 1 is 1.03 bits per heavy atom. The third-order valence-corrected chi connectivity index (χ3v) is 5.29. The number of H-pyrrole nitrogens is 1. The van der Waals surface area contributed by atoms with Gasteiger partial charge in [0.25, 0.3) is 11.1 Å². The van der Waals surface area contributed by atoms with E-state index in [0.717, 1.165) is 21.5 Å². The second kappa shape index (κ2) is 7.85. The zero-order valence-corrected chi connectivity index (χ0v) is 16.3. The van der Waals surface area contributed by atoms with E-state index in [9.17, 15) is 35.9 Å². The van der Waals surface area contributed by atoms with Crippen molar-refractivity contribution in [3.05, 3.63) is 85.9 Å². The molecule has 0 saturated heterocycles. The summed E-state index contributed by atoms with van der Waals surface area (Å²) >= 11 is 0.594. The van der Waals surface area contributed by atoms with Crippen molar-refractivity contribution in [1.29, 1.82) is 0 Å². The summed E-state index contributed by atoms with van der Waals surface area (Å²) in [5.74, 6) is -4.62. The summed E-state index contributed by atoms with van der Waals surface area (Å²) in [7, 11) is 0. The summed E-state index contributed by atoms with van der Waals surface area (Å²) in [6.07, 6.45) is -2.65. The first-order valence-corrected chi connectivity index (χ1v) is 9.58. The first-order chi connectivity index (χ1) is 15.1. The van der Waals surface area contributed by atoms with Gasteiger partial charge in [-0.2, -0.15) is 18.3 Å². The molecule has 0 unspecified atom stereocenters. The summed E-state index contributed by atoms with van der Waals surface area (Å²) in [6.45, 7) is 0. The van der Waals surface area contributed by atoms with E-state index in [-0.39, 0.29) is 28.5 Å². The van der Waals surface area contributed by atoms with Gasteiger partial charge in [0.05, 0.1) is 17.4 Å². The molecule has 0 amide bonds. The van der Waals surface area contributed by atoms with E-state index in [1.807, 2.05) is 0 Å². The molecule has 1 aromatic carbocycles. The molecule has 0 spiro atoms. The van der Waals surface area contributed by atoms with Gasteiger partial charge in [0, 0.05) is 23.6 Å². The van der Waals surface area contributed by atoms with Crippen LogP contribution < -0.4 is 11.1 Å². The average molecular weight is 473 g/mol. The van der Waals surface area contributed by atoms with Crippen molar-refractivity contribution in [2.24, 2.45) is 0 Å². The molecule has 0 fully saturated rings. The molecule has 32 heavy (non-hydrogen) atoms. The Bertz CT molecular complexity index is 1440. The van der Waals surface area contributed by atoms with Crippen molar-refractivity contribution in [2.45, 2.75) is 17.1 Å². The van der Waals surface area contributed by atoms with Gasteiger partial charge in [0.1, 0.15) is 11.6 Å². The van der Waals surface area contributed by atoms with Gasteiger partial charge in [-0.1, -0.05) is 11.8 Å². The molecule has 166 valence electrons. The van der Waals surface area contributed by atoms with Crippen molar-refractivity contribution >= 4 is 17.3 Å². The Kier molecular flexibility index (Phi) is 5.32. The summed E-state index contributed by atoms with van der Waals surface area (Å²) in [4.78, 5) is 26.3. The highest BCUT2D eigenvalue weighted by molar-refractivity contribution is 7.98. The molecule has 0 aliphatic heterocycles. The maximum Gasteiger partial charge on any atom is 0.416 e. The predicted octanol–water partition coefficient (Wildman–Crippen LogP) is 3.30. The minimum absolute atomic E-state index is 0.0205. The second-order valence-corrected chi connectivity index (χ2v) is 7.31. The van der Waals surface area contributed by atoms with Crippen molar-refractivity contribution in [3.63, 3.8) is 0 Å². The number of pyridine rings is 1. The summed E-state index contributed by atoms with van der Waals surface area (Å²) < 4.78 is 82.2. The van der Waals surface area contributed by atoms with E-state index >= 15 is 0 Å². The zero-order valence-electron chi connectivity index (χ0n) is 15.5. The van der Waals surface area contributed by atoms with Crippen LogP contribution in [0.5, 0.6) is 0 Å². The zero-order chi connectivity index (χ0) is 23.2. The molecule has 0 aliphatic rings. The average Bonchev–Trinajstić information content (AvgIpc) is 3.18. The second-order valence-electron chi connectivity index (χ2n) is 6.37. The number of halogens is 6. The van der Waals surface area contributed by atoms with Crippen LogP contribution >= 0.6 is 11.8 Å². The van der Waals surface area contributed by atoms with E-state index in [4.69, 9.17) is 0 Å². The molecule has 14 heteroatoms. The number of alkyl halides is 3. The first-order valence-electron chi connectivity index (χ1n) is 8.60. The standard InChI is InChI=1S/C18H9F6N5O2S/c19-11-3-8(18(22,23)24)4-12(20)10(11)7-32-17-27-29-14(1-2-26-29)16(31)28(17)9-5-13(21)15(30)25-6-9/h1-6H,7H2,(H,25,30). The molecular weight excluding hydrogens is 464 g/mol.